The second-order valence-corrected chi connectivity index (χ2v) is 12.3. The van der Waals surface area contributed by atoms with Crippen molar-refractivity contribution >= 4 is 27.6 Å². The van der Waals surface area contributed by atoms with Crippen molar-refractivity contribution in [1.29, 1.82) is 0 Å². The molecule has 0 N–H and O–H groups in total. The van der Waals surface area contributed by atoms with Crippen LogP contribution in [-0.4, -0.2) is 67.8 Å². The number of aromatic nitrogens is 2. The molecule has 0 bridgehead atoms. The van der Waals surface area contributed by atoms with E-state index in [0.717, 1.165) is 69.8 Å². The van der Waals surface area contributed by atoms with E-state index in [1.54, 1.807) is 16.7 Å². The van der Waals surface area contributed by atoms with Crippen LogP contribution in [-0.2, 0) is 14.8 Å². The summed E-state index contributed by atoms with van der Waals surface area (Å²) >= 11 is 5.89. The Bertz CT molecular complexity index is 822. The number of anilines is 1. The summed E-state index contributed by atoms with van der Waals surface area (Å²) in [6.07, 6.45) is 10.5. The van der Waals surface area contributed by atoms with Gasteiger partial charge in [-0.2, -0.15) is 0 Å². The van der Waals surface area contributed by atoms with Crippen molar-refractivity contribution in [3.8, 4) is 0 Å². The van der Waals surface area contributed by atoms with E-state index in [1.165, 1.54) is 19.3 Å². The second kappa shape index (κ2) is 11.0. The maximum absolute atomic E-state index is 12.3. The van der Waals surface area contributed by atoms with Crippen LogP contribution in [0.2, 0.25) is 5.02 Å². The number of halogens is 1. The molecule has 3 aliphatic rings. The standard InChI is InChI=1S/C23H37ClN4O3S/c1-2-3-12-32(29,30)28-10-4-18(5-11-28)16-31-17-20-13-22(20)19-6-8-27(9-7-19)23-25-14-21(24)15-26-23/h14-15,18-20,22H,2-13,16-17H2,1H3/t20-,22+/m0/s1. The minimum absolute atomic E-state index is 0.291. The summed E-state index contributed by atoms with van der Waals surface area (Å²) in [6.45, 7) is 7.00. The van der Waals surface area contributed by atoms with Gasteiger partial charge in [-0.25, -0.2) is 22.7 Å². The Morgan fingerprint density at radius 2 is 1.75 bits per heavy atom. The number of nitrogens with zero attached hydrogens (tertiary/aromatic N) is 4. The molecule has 2 saturated heterocycles. The largest absolute Gasteiger partial charge is 0.381 e. The van der Waals surface area contributed by atoms with E-state index in [0.29, 0.717) is 35.7 Å². The molecule has 4 rings (SSSR count). The van der Waals surface area contributed by atoms with Gasteiger partial charge in [-0.1, -0.05) is 24.9 Å². The molecule has 7 nitrogen and oxygen atoms in total. The fraction of sp³-hybridized carbons (Fsp3) is 0.826. The molecule has 0 spiro atoms. The lowest BCUT2D eigenvalue weighted by atomic mass is 9.91. The van der Waals surface area contributed by atoms with E-state index in [9.17, 15) is 8.42 Å². The number of hydrogen-bond acceptors (Lipinski definition) is 6. The molecule has 0 aromatic carbocycles. The zero-order valence-corrected chi connectivity index (χ0v) is 20.7. The van der Waals surface area contributed by atoms with Gasteiger partial charge in [-0.05, 0) is 62.2 Å². The molecule has 1 aromatic rings. The van der Waals surface area contributed by atoms with Gasteiger partial charge >= 0.3 is 0 Å². The van der Waals surface area contributed by atoms with Gasteiger partial charge in [0.25, 0.3) is 0 Å². The van der Waals surface area contributed by atoms with E-state index >= 15 is 0 Å². The van der Waals surface area contributed by atoms with E-state index in [2.05, 4.69) is 14.9 Å². The highest BCUT2D eigenvalue weighted by Crippen LogP contribution is 2.48. The van der Waals surface area contributed by atoms with Crippen LogP contribution in [0.3, 0.4) is 0 Å². The van der Waals surface area contributed by atoms with Crippen molar-refractivity contribution in [2.24, 2.45) is 23.7 Å². The molecule has 3 heterocycles. The molecule has 180 valence electrons. The van der Waals surface area contributed by atoms with Gasteiger partial charge in [0.2, 0.25) is 16.0 Å². The lowest BCUT2D eigenvalue weighted by Crippen LogP contribution is -2.40. The highest BCUT2D eigenvalue weighted by atomic mass is 35.5. The third kappa shape index (κ3) is 6.33. The smallest absolute Gasteiger partial charge is 0.225 e. The predicted octanol–water partition coefficient (Wildman–Crippen LogP) is 3.84. The van der Waals surface area contributed by atoms with E-state index in [-0.39, 0.29) is 0 Å². The van der Waals surface area contributed by atoms with Crippen molar-refractivity contribution in [3.63, 3.8) is 0 Å². The summed E-state index contributed by atoms with van der Waals surface area (Å²) in [5.41, 5.74) is 0. The quantitative estimate of drug-likeness (QED) is 0.502. The number of ether oxygens (including phenoxy) is 1. The predicted molar refractivity (Wildman–Crippen MR) is 127 cm³/mol. The summed E-state index contributed by atoms with van der Waals surface area (Å²) in [4.78, 5) is 10.9. The van der Waals surface area contributed by atoms with Gasteiger partial charge in [0.15, 0.2) is 0 Å². The molecule has 3 fully saturated rings. The molecule has 32 heavy (non-hydrogen) atoms. The fourth-order valence-electron chi connectivity index (χ4n) is 5.23. The van der Waals surface area contributed by atoms with Gasteiger partial charge in [-0.3, -0.25) is 0 Å². The summed E-state index contributed by atoms with van der Waals surface area (Å²) in [7, 11) is -3.06. The third-order valence-electron chi connectivity index (χ3n) is 7.42. The van der Waals surface area contributed by atoms with Crippen molar-refractivity contribution in [3.05, 3.63) is 17.4 Å². The molecule has 0 amide bonds. The van der Waals surface area contributed by atoms with Gasteiger partial charge in [0, 0.05) is 39.4 Å². The summed E-state index contributed by atoms with van der Waals surface area (Å²) in [5, 5.41) is 0.576. The monoisotopic (exact) mass is 484 g/mol. The number of rotatable bonds is 10. The maximum Gasteiger partial charge on any atom is 0.225 e. The van der Waals surface area contributed by atoms with Crippen LogP contribution in [0.5, 0.6) is 0 Å². The van der Waals surface area contributed by atoms with Crippen molar-refractivity contribution in [1.82, 2.24) is 14.3 Å². The molecule has 1 aromatic heterocycles. The topological polar surface area (TPSA) is 75.6 Å². The third-order valence-corrected chi connectivity index (χ3v) is 9.57. The lowest BCUT2D eigenvalue weighted by molar-refractivity contribution is 0.0684. The van der Waals surface area contributed by atoms with Crippen LogP contribution in [0.25, 0.3) is 0 Å². The highest BCUT2D eigenvalue weighted by molar-refractivity contribution is 7.89. The van der Waals surface area contributed by atoms with Crippen molar-refractivity contribution < 1.29 is 13.2 Å². The molecule has 0 unspecified atom stereocenters. The average Bonchev–Trinajstić information content (AvgIpc) is 3.58. The van der Waals surface area contributed by atoms with Crippen LogP contribution < -0.4 is 4.90 Å². The first-order valence-electron chi connectivity index (χ1n) is 12.2. The lowest BCUT2D eigenvalue weighted by Gasteiger charge is -2.32. The van der Waals surface area contributed by atoms with E-state index < -0.39 is 10.0 Å². The summed E-state index contributed by atoms with van der Waals surface area (Å²) in [6, 6.07) is 0. The molecule has 2 aliphatic heterocycles. The minimum atomic E-state index is -3.06. The molecule has 1 saturated carbocycles. The molecular weight excluding hydrogens is 448 g/mol. The first-order chi connectivity index (χ1) is 15.5. The Morgan fingerprint density at radius 3 is 2.41 bits per heavy atom. The van der Waals surface area contributed by atoms with Crippen LogP contribution >= 0.6 is 11.6 Å². The summed E-state index contributed by atoms with van der Waals surface area (Å²) in [5.74, 6) is 3.85. The van der Waals surface area contributed by atoms with Gasteiger partial charge in [-0.15, -0.1) is 0 Å². The van der Waals surface area contributed by atoms with Gasteiger partial charge in [0.1, 0.15) is 0 Å². The zero-order chi connectivity index (χ0) is 22.6. The molecule has 2 atom stereocenters. The zero-order valence-electron chi connectivity index (χ0n) is 19.2. The van der Waals surface area contributed by atoms with Crippen LogP contribution in [0, 0.1) is 23.7 Å². The van der Waals surface area contributed by atoms with Crippen LogP contribution in [0.1, 0.15) is 51.9 Å². The Hall–Kier alpha value is -0.960. The first-order valence-corrected chi connectivity index (χ1v) is 14.2. The highest BCUT2D eigenvalue weighted by Gasteiger charge is 2.43. The second-order valence-electron chi connectivity index (χ2n) is 9.73. The SMILES string of the molecule is CCCCS(=O)(=O)N1CCC(COC[C@@H]2C[C@@H]2C2CCN(c3ncc(Cl)cn3)CC2)CC1. The minimum Gasteiger partial charge on any atom is -0.381 e. The first kappa shape index (κ1) is 24.2. The normalized spacial score (nSPS) is 25.9. The van der Waals surface area contributed by atoms with Crippen LogP contribution in [0.4, 0.5) is 5.95 Å². The molecule has 9 heteroatoms. The Labute approximate surface area is 197 Å². The number of unbranched alkanes of at least 4 members (excludes halogenated alkanes) is 1. The van der Waals surface area contributed by atoms with Crippen molar-refractivity contribution in [2.75, 3.05) is 50.0 Å². The number of piperidine rings is 2. The fourth-order valence-corrected chi connectivity index (χ4v) is 7.01. The molecule has 1 aliphatic carbocycles. The van der Waals surface area contributed by atoms with Crippen LogP contribution in [0.15, 0.2) is 12.4 Å². The Balaban J connectivity index is 1.10. The Kier molecular flexibility index (Phi) is 8.29. The molecule has 0 radical (unpaired) electrons. The van der Waals surface area contributed by atoms with Crippen molar-refractivity contribution in [2.45, 2.75) is 51.9 Å². The van der Waals surface area contributed by atoms with E-state index in [4.69, 9.17) is 16.3 Å². The number of hydrogen-bond donors (Lipinski definition) is 0. The van der Waals surface area contributed by atoms with E-state index in [1.807, 2.05) is 6.92 Å². The average molecular weight is 485 g/mol. The summed E-state index contributed by atoms with van der Waals surface area (Å²) < 4.78 is 32.5. The van der Waals surface area contributed by atoms with Gasteiger partial charge < -0.3 is 9.64 Å². The van der Waals surface area contributed by atoms with Gasteiger partial charge in [0.05, 0.1) is 23.2 Å². The molecular formula is C23H37ClN4O3S. The Morgan fingerprint density at radius 1 is 1.06 bits per heavy atom. The maximum atomic E-state index is 12.3. The number of sulfonamides is 1.